The first-order chi connectivity index (χ1) is 14.2. The van der Waals surface area contributed by atoms with Crippen LogP contribution in [-0.4, -0.2) is 51.9 Å². The Labute approximate surface area is 171 Å². The van der Waals surface area contributed by atoms with Crippen LogP contribution in [0.5, 0.6) is 0 Å². The van der Waals surface area contributed by atoms with Gasteiger partial charge in [-0.1, -0.05) is 13.8 Å². The first kappa shape index (κ1) is 20.4. The smallest absolute Gasteiger partial charge is 0.251 e. The summed E-state index contributed by atoms with van der Waals surface area (Å²) in [5, 5.41) is 6.21. The molecule has 0 aliphatic carbocycles. The second kappa shape index (κ2) is 10.3. The Morgan fingerprint density at radius 1 is 1.03 bits per heavy atom. The number of nitrogens with one attached hydrogen (secondary N) is 2. The molecule has 0 spiro atoms. The molecule has 1 amide bonds. The van der Waals surface area contributed by atoms with Gasteiger partial charge in [-0.15, -0.1) is 0 Å². The molecule has 1 aromatic carbocycles. The van der Waals surface area contributed by atoms with Crippen LogP contribution in [0, 0.1) is 0 Å². The fraction of sp³-hybridized carbons (Fsp3) is 0.273. The second-order valence-electron chi connectivity index (χ2n) is 6.49. The molecule has 2 N–H and O–H groups in total. The number of benzene rings is 1. The molecule has 2 aromatic heterocycles. The predicted octanol–water partition coefficient (Wildman–Crippen LogP) is 3.35. The van der Waals surface area contributed by atoms with Crippen LogP contribution in [-0.2, 0) is 0 Å². The topological polar surface area (TPSA) is 83.0 Å². The number of pyridine rings is 1. The number of rotatable bonds is 9. The van der Waals surface area contributed by atoms with Crippen molar-refractivity contribution in [2.45, 2.75) is 13.8 Å². The Balaban J connectivity index is 1.59. The van der Waals surface area contributed by atoms with E-state index in [1.54, 1.807) is 36.8 Å². The maximum absolute atomic E-state index is 12.3. The molecule has 0 bridgehead atoms. The lowest BCUT2D eigenvalue weighted by Gasteiger charge is -2.18. The number of hydrogen-bond acceptors (Lipinski definition) is 6. The summed E-state index contributed by atoms with van der Waals surface area (Å²) >= 11 is 0. The second-order valence-corrected chi connectivity index (χ2v) is 6.49. The van der Waals surface area contributed by atoms with Gasteiger partial charge in [-0.3, -0.25) is 9.78 Å². The van der Waals surface area contributed by atoms with E-state index in [-0.39, 0.29) is 5.91 Å². The van der Waals surface area contributed by atoms with Gasteiger partial charge >= 0.3 is 0 Å². The molecular weight excluding hydrogens is 364 g/mol. The van der Waals surface area contributed by atoms with Gasteiger partial charge in [0.2, 0.25) is 0 Å². The van der Waals surface area contributed by atoms with Crippen molar-refractivity contribution in [2.24, 2.45) is 0 Å². The van der Waals surface area contributed by atoms with Crippen LogP contribution in [0.4, 0.5) is 11.5 Å². The van der Waals surface area contributed by atoms with Crippen LogP contribution >= 0.6 is 0 Å². The largest absolute Gasteiger partial charge is 0.351 e. The van der Waals surface area contributed by atoms with Gasteiger partial charge in [0.05, 0.1) is 0 Å². The Hall–Kier alpha value is -3.32. The number of carbonyl (C=O) groups excluding carboxylic acids is 1. The highest BCUT2D eigenvalue weighted by molar-refractivity contribution is 5.94. The van der Waals surface area contributed by atoms with E-state index < -0.39 is 0 Å². The molecule has 7 nitrogen and oxygen atoms in total. The van der Waals surface area contributed by atoms with E-state index in [9.17, 15) is 4.79 Å². The number of hydrogen-bond donors (Lipinski definition) is 2. The molecule has 0 saturated carbocycles. The van der Waals surface area contributed by atoms with Gasteiger partial charge in [0.1, 0.15) is 5.82 Å². The molecule has 0 fully saturated rings. The third-order valence-corrected chi connectivity index (χ3v) is 4.60. The summed E-state index contributed by atoms with van der Waals surface area (Å²) in [4.78, 5) is 27.5. The van der Waals surface area contributed by atoms with Crippen molar-refractivity contribution in [1.82, 2.24) is 25.2 Å². The average molecular weight is 390 g/mol. The van der Waals surface area contributed by atoms with E-state index in [0.717, 1.165) is 30.9 Å². The molecule has 0 radical (unpaired) electrons. The molecular formula is C22H26N6O. The highest BCUT2D eigenvalue weighted by Gasteiger charge is 2.07. The highest BCUT2D eigenvalue weighted by Crippen LogP contribution is 2.18. The van der Waals surface area contributed by atoms with Crippen LogP contribution in [0.2, 0.25) is 0 Å². The van der Waals surface area contributed by atoms with Gasteiger partial charge in [0, 0.05) is 48.5 Å². The number of nitrogens with zero attached hydrogens (tertiary/aromatic N) is 4. The van der Waals surface area contributed by atoms with E-state index in [1.165, 1.54) is 0 Å². The molecule has 2 heterocycles. The van der Waals surface area contributed by atoms with Crippen LogP contribution < -0.4 is 10.6 Å². The van der Waals surface area contributed by atoms with Gasteiger partial charge in [-0.25, -0.2) is 9.97 Å². The molecule has 150 valence electrons. The summed E-state index contributed by atoms with van der Waals surface area (Å²) in [5.74, 6) is 1.21. The predicted molar refractivity (Wildman–Crippen MR) is 115 cm³/mol. The molecule has 0 aliphatic rings. The number of aromatic nitrogens is 3. The number of carbonyl (C=O) groups is 1. The zero-order valence-corrected chi connectivity index (χ0v) is 16.8. The lowest BCUT2D eigenvalue weighted by atomic mass is 10.2. The molecule has 0 aliphatic heterocycles. The lowest BCUT2D eigenvalue weighted by molar-refractivity contribution is 0.0949. The van der Waals surface area contributed by atoms with E-state index in [1.807, 2.05) is 24.3 Å². The van der Waals surface area contributed by atoms with Crippen LogP contribution in [0.15, 0.2) is 61.1 Å². The first-order valence-corrected chi connectivity index (χ1v) is 9.80. The SMILES string of the molecule is CCN(CC)CCNC(=O)c1ccc(Nc2ccnc(-c3cccnc3)n2)cc1. The first-order valence-electron chi connectivity index (χ1n) is 9.80. The zero-order chi connectivity index (χ0) is 20.5. The van der Waals surface area contributed by atoms with Crippen molar-refractivity contribution in [1.29, 1.82) is 0 Å². The summed E-state index contributed by atoms with van der Waals surface area (Å²) in [6.45, 7) is 7.70. The van der Waals surface area contributed by atoms with Crippen molar-refractivity contribution in [3.63, 3.8) is 0 Å². The van der Waals surface area contributed by atoms with Gasteiger partial charge in [-0.2, -0.15) is 0 Å². The van der Waals surface area contributed by atoms with Crippen molar-refractivity contribution in [3.05, 3.63) is 66.6 Å². The molecule has 0 unspecified atom stereocenters. The quantitative estimate of drug-likeness (QED) is 0.583. The van der Waals surface area contributed by atoms with Gasteiger partial charge in [-0.05, 0) is 55.6 Å². The van der Waals surface area contributed by atoms with Gasteiger partial charge < -0.3 is 15.5 Å². The minimum Gasteiger partial charge on any atom is -0.351 e. The standard InChI is InChI=1S/C22H26N6O/c1-3-28(4-2)15-14-25-22(29)17-7-9-19(10-8-17)26-20-11-13-24-21(27-20)18-6-5-12-23-16-18/h5-13,16H,3-4,14-15H2,1-2H3,(H,25,29)(H,24,26,27). The van der Waals surface area contributed by atoms with Crippen molar-refractivity contribution < 1.29 is 4.79 Å². The third kappa shape index (κ3) is 5.83. The Kier molecular flexibility index (Phi) is 7.24. The molecule has 0 saturated heterocycles. The maximum Gasteiger partial charge on any atom is 0.251 e. The minimum absolute atomic E-state index is 0.0652. The average Bonchev–Trinajstić information content (AvgIpc) is 2.78. The van der Waals surface area contributed by atoms with Crippen molar-refractivity contribution >= 4 is 17.4 Å². The highest BCUT2D eigenvalue weighted by atomic mass is 16.1. The molecule has 7 heteroatoms. The zero-order valence-electron chi connectivity index (χ0n) is 16.8. The molecule has 3 rings (SSSR count). The fourth-order valence-electron chi connectivity index (χ4n) is 2.88. The Bertz CT molecular complexity index is 910. The van der Waals surface area contributed by atoms with E-state index in [4.69, 9.17) is 0 Å². The summed E-state index contributed by atoms with van der Waals surface area (Å²) in [6.07, 6.45) is 5.15. The van der Waals surface area contributed by atoms with Crippen LogP contribution in [0.3, 0.4) is 0 Å². The van der Waals surface area contributed by atoms with Crippen molar-refractivity contribution in [3.8, 4) is 11.4 Å². The lowest BCUT2D eigenvalue weighted by Crippen LogP contribution is -2.34. The molecule has 0 atom stereocenters. The molecule has 29 heavy (non-hydrogen) atoms. The summed E-state index contributed by atoms with van der Waals surface area (Å²) < 4.78 is 0. The van der Waals surface area contributed by atoms with Crippen LogP contribution in [0.25, 0.3) is 11.4 Å². The summed E-state index contributed by atoms with van der Waals surface area (Å²) in [6, 6.07) is 12.9. The van der Waals surface area contributed by atoms with Gasteiger partial charge in [0.25, 0.3) is 5.91 Å². The minimum atomic E-state index is -0.0652. The van der Waals surface area contributed by atoms with Crippen molar-refractivity contribution in [2.75, 3.05) is 31.5 Å². The summed E-state index contributed by atoms with van der Waals surface area (Å²) in [7, 11) is 0. The third-order valence-electron chi connectivity index (χ3n) is 4.60. The number of likely N-dealkylation sites (N-methyl/N-ethyl adjacent to an activating group) is 1. The fourth-order valence-corrected chi connectivity index (χ4v) is 2.88. The van der Waals surface area contributed by atoms with Crippen LogP contribution in [0.1, 0.15) is 24.2 Å². The normalized spacial score (nSPS) is 10.7. The monoisotopic (exact) mass is 390 g/mol. The molecule has 3 aromatic rings. The van der Waals surface area contributed by atoms with E-state index in [0.29, 0.717) is 23.8 Å². The van der Waals surface area contributed by atoms with E-state index >= 15 is 0 Å². The number of amides is 1. The Morgan fingerprint density at radius 3 is 2.52 bits per heavy atom. The maximum atomic E-state index is 12.3. The van der Waals surface area contributed by atoms with E-state index in [2.05, 4.69) is 44.3 Å². The summed E-state index contributed by atoms with van der Waals surface area (Å²) in [5.41, 5.74) is 2.34. The van der Waals surface area contributed by atoms with Gasteiger partial charge in [0.15, 0.2) is 5.82 Å². The Morgan fingerprint density at radius 2 is 1.83 bits per heavy atom. The number of anilines is 2.